The normalized spacial score (nSPS) is 11.7. The number of hydrogen-bond acceptors (Lipinski definition) is 4. The Morgan fingerprint density at radius 2 is 2.19 bits per heavy atom. The van der Waals surface area contributed by atoms with Crippen LogP contribution in [0, 0.1) is 6.92 Å². The molecule has 114 valence electrons. The standard InChI is InChI=1S/C12H12F3N3O2S/c1-7-8(6-17-18(7)2)5-16-11(19)9-3-4-10(20-9)21-12(13,14)15/h3-4,6H,5H2,1-2H3,(H,16,19). The Balaban J connectivity index is 1.96. The highest BCUT2D eigenvalue weighted by molar-refractivity contribution is 8.00. The van der Waals surface area contributed by atoms with Gasteiger partial charge in [0, 0.05) is 36.6 Å². The van der Waals surface area contributed by atoms with E-state index in [9.17, 15) is 18.0 Å². The predicted molar refractivity (Wildman–Crippen MR) is 69.7 cm³/mol. The van der Waals surface area contributed by atoms with Gasteiger partial charge in [0.05, 0.1) is 6.20 Å². The summed E-state index contributed by atoms with van der Waals surface area (Å²) in [7, 11) is 1.77. The molecule has 2 rings (SSSR count). The van der Waals surface area contributed by atoms with Crippen molar-refractivity contribution >= 4 is 17.7 Å². The molecule has 0 aliphatic rings. The highest BCUT2D eigenvalue weighted by Gasteiger charge is 2.31. The van der Waals surface area contributed by atoms with Crippen LogP contribution in [0.1, 0.15) is 21.8 Å². The molecule has 0 saturated heterocycles. The van der Waals surface area contributed by atoms with Gasteiger partial charge in [-0.2, -0.15) is 18.3 Å². The van der Waals surface area contributed by atoms with E-state index in [1.54, 1.807) is 17.9 Å². The molecule has 0 fully saturated rings. The minimum absolute atomic E-state index is 0.164. The van der Waals surface area contributed by atoms with Gasteiger partial charge in [0.1, 0.15) is 0 Å². The van der Waals surface area contributed by atoms with Crippen LogP contribution in [-0.2, 0) is 13.6 Å². The van der Waals surface area contributed by atoms with Gasteiger partial charge in [-0.15, -0.1) is 0 Å². The number of carbonyl (C=O) groups is 1. The summed E-state index contributed by atoms with van der Waals surface area (Å²) in [6.45, 7) is 2.07. The summed E-state index contributed by atoms with van der Waals surface area (Å²) in [5, 5.41) is 6.22. The molecule has 5 nitrogen and oxygen atoms in total. The van der Waals surface area contributed by atoms with Gasteiger partial charge in [0.15, 0.2) is 10.9 Å². The number of nitrogens with one attached hydrogen (secondary N) is 1. The molecule has 0 radical (unpaired) electrons. The third-order valence-corrected chi connectivity index (χ3v) is 3.45. The molecule has 2 aromatic heterocycles. The van der Waals surface area contributed by atoms with Crippen LogP contribution < -0.4 is 5.32 Å². The molecule has 0 aliphatic carbocycles. The number of thioether (sulfide) groups is 1. The van der Waals surface area contributed by atoms with Gasteiger partial charge in [-0.25, -0.2) is 0 Å². The topological polar surface area (TPSA) is 60.1 Å². The lowest BCUT2D eigenvalue weighted by molar-refractivity contribution is -0.0335. The lowest BCUT2D eigenvalue weighted by atomic mass is 10.2. The highest BCUT2D eigenvalue weighted by atomic mass is 32.2. The summed E-state index contributed by atoms with van der Waals surface area (Å²) in [6.07, 6.45) is 1.61. The molecule has 0 aliphatic heterocycles. The van der Waals surface area contributed by atoms with E-state index in [2.05, 4.69) is 10.4 Å². The first-order valence-electron chi connectivity index (χ1n) is 5.87. The third-order valence-electron chi connectivity index (χ3n) is 2.80. The maximum absolute atomic E-state index is 12.2. The number of alkyl halides is 3. The van der Waals surface area contributed by atoms with Gasteiger partial charge in [-0.05, 0) is 19.1 Å². The van der Waals surface area contributed by atoms with Crippen molar-refractivity contribution in [3.8, 4) is 0 Å². The minimum atomic E-state index is -4.45. The van der Waals surface area contributed by atoms with Crippen molar-refractivity contribution in [3.63, 3.8) is 0 Å². The van der Waals surface area contributed by atoms with E-state index < -0.39 is 23.2 Å². The van der Waals surface area contributed by atoms with Gasteiger partial charge in [0.2, 0.25) is 0 Å². The Hall–Kier alpha value is -1.90. The summed E-state index contributed by atoms with van der Waals surface area (Å²) in [6, 6.07) is 2.32. The number of furan rings is 1. The van der Waals surface area contributed by atoms with E-state index >= 15 is 0 Å². The zero-order valence-electron chi connectivity index (χ0n) is 11.2. The Morgan fingerprint density at radius 1 is 1.48 bits per heavy atom. The average Bonchev–Trinajstić information content (AvgIpc) is 2.94. The van der Waals surface area contributed by atoms with Crippen LogP contribution >= 0.6 is 11.8 Å². The van der Waals surface area contributed by atoms with E-state index in [-0.39, 0.29) is 17.4 Å². The van der Waals surface area contributed by atoms with Crippen LogP contribution in [0.15, 0.2) is 27.8 Å². The smallest absolute Gasteiger partial charge is 0.444 e. The maximum Gasteiger partial charge on any atom is 0.449 e. The molecule has 0 bridgehead atoms. The third kappa shape index (κ3) is 4.03. The molecular weight excluding hydrogens is 307 g/mol. The fraction of sp³-hybridized carbons (Fsp3) is 0.333. The van der Waals surface area contributed by atoms with E-state index in [4.69, 9.17) is 4.42 Å². The van der Waals surface area contributed by atoms with Gasteiger partial charge in [-0.1, -0.05) is 0 Å². The number of hydrogen-bond donors (Lipinski definition) is 1. The number of halogens is 3. The minimum Gasteiger partial charge on any atom is -0.444 e. The number of carbonyl (C=O) groups excluding carboxylic acids is 1. The van der Waals surface area contributed by atoms with Crippen LogP contribution in [0.25, 0.3) is 0 Å². The van der Waals surface area contributed by atoms with Gasteiger partial charge < -0.3 is 9.73 Å². The van der Waals surface area contributed by atoms with Crippen molar-refractivity contribution in [3.05, 3.63) is 35.3 Å². The van der Waals surface area contributed by atoms with E-state index in [0.29, 0.717) is 0 Å². The molecule has 0 saturated carbocycles. The maximum atomic E-state index is 12.2. The average molecular weight is 319 g/mol. The van der Waals surface area contributed by atoms with Crippen molar-refractivity contribution in [2.24, 2.45) is 7.05 Å². The largest absolute Gasteiger partial charge is 0.449 e. The zero-order valence-corrected chi connectivity index (χ0v) is 12.0. The Morgan fingerprint density at radius 3 is 2.76 bits per heavy atom. The zero-order chi connectivity index (χ0) is 15.6. The number of nitrogens with zero attached hydrogens (tertiary/aromatic N) is 2. The van der Waals surface area contributed by atoms with Gasteiger partial charge >= 0.3 is 5.51 Å². The van der Waals surface area contributed by atoms with Crippen LogP contribution in [0.5, 0.6) is 0 Å². The molecular formula is C12H12F3N3O2S. The van der Waals surface area contributed by atoms with Crippen LogP contribution in [0.4, 0.5) is 13.2 Å². The van der Waals surface area contributed by atoms with Gasteiger partial charge in [0.25, 0.3) is 5.91 Å². The predicted octanol–water partition coefficient (Wildman–Crippen LogP) is 2.86. The summed E-state index contributed by atoms with van der Waals surface area (Å²) in [4.78, 5) is 11.8. The molecule has 0 atom stereocenters. The fourth-order valence-electron chi connectivity index (χ4n) is 1.59. The monoisotopic (exact) mass is 319 g/mol. The molecule has 0 spiro atoms. The molecule has 0 unspecified atom stereocenters. The lowest BCUT2D eigenvalue weighted by Gasteiger charge is -2.03. The Bertz CT molecular complexity index is 648. The SMILES string of the molecule is Cc1c(CNC(=O)c2ccc(SC(F)(F)F)o2)cnn1C. The second-order valence-corrected chi connectivity index (χ2v) is 5.30. The Kier molecular flexibility index (Phi) is 4.31. The molecule has 9 heteroatoms. The molecule has 1 N–H and O–H groups in total. The van der Waals surface area contributed by atoms with Crippen LogP contribution in [-0.4, -0.2) is 21.2 Å². The summed E-state index contributed by atoms with van der Waals surface area (Å²) in [5.41, 5.74) is -2.73. The van der Waals surface area contributed by atoms with Crippen molar-refractivity contribution in [2.75, 3.05) is 0 Å². The van der Waals surface area contributed by atoms with E-state index in [0.717, 1.165) is 17.3 Å². The second kappa shape index (κ2) is 5.84. The van der Waals surface area contributed by atoms with Crippen molar-refractivity contribution in [1.82, 2.24) is 15.1 Å². The molecule has 2 heterocycles. The van der Waals surface area contributed by atoms with Gasteiger partial charge in [-0.3, -0.25) is 9.48 Å². The first kappa shape index (κ1) is 15.5. The van der Waals surface area contributed by atoms with E-state index in [1.807, 2.05) is 6.92 Å². The fourth-order valence-corrected chi connectivity index (χ4v) is 2.09. The number of aromatic nitrogens is 2. The van der Waals surface area contributed by atoms with Crippen molar-refractivity contribution in [1.29, 1.82) is 0 Å². The molecule has 0 aromatic carbocycles. The quantitative estimate of drug-likeness (QED) is 0.880. The van der Waals surface area contributed by atoms with Crippen LogP contribution in [0.3, 0.4) is 0 Å². The van der Waals surface area contributed by atoms with Crippen molar-refractivity contribution < 1.29 is 22.4 Å². The molecule has 1 amide bonds. The first-order valence-corrected chi connectivity index (χ1v) is 6.69. The number of rotatable bonds is 4. The Labute approximate surface area is 122 Å². The van der Waals surface area contributed by atoms with Crippen LogP contribution in [0.2, 0.25) is 0 Å². The van der Waals surface area contributed by atoms with Crippen molar-refractivity contribution in [2.45, 2.75) is 24.1 Å². The number of amides is 1. The lowest BCUT2D eigenvalue weighted by Crippen LogP contribution is -2.22. The summed E-state index contributed by atoms with van der Waals surface area (Å²) < 4.78 is 43.0. The van der Waals surface area contributed by atoms with E-state index in [1.165, 1.54) is 6.07 Å². The number of aryl methyl sites for hydroxylation is 1. The summed E-state index contributed by atoms with van der Waals surface area (Å²) >= 11 is -0.401. The first-order chi connectivity index (χ1) is 9.76. The highest BCUT2D eigenvalue weighted by Crippen LogP contribution is 2.37. The summed E-state index contributed by atoms with van der Waals surface area (Å²) in [5.74, 6) is -0.740. The molecule has 21 heavy (non-hydrogen) atoms. The second-order valence-electron chi connectivity index (χ2n) is 4.23. The molecule has 2 aromatic rings.